The van der Waals surface area contributed by atoms with Gasteiger partial charge < -0.3 is 4.74 Å². The molecular formula is C20H39NO. The third-order valence-electron chi connectivity index (χ3n) is 6.24. The van der Waals surface area contributed by atoms with Gasteiger partial charge in [-0.3, -0.25) is 4.90 Å². The molecular weight excluding hydrogens is 270 g/mol. The second-order valence-electron chi connectivity index (χ2n) is 9.15. The molecule has 0 amide bonds. The van der Waals surface area contributed by atoms with Crippen LogP contribution in [0, 0.1) is 17.8 Å². The van der Waals surface area contributed by atoms with Gasteiger partial charge in [0.2, 0.25) is 0 Å². The zero-order chi connectivity index (χ0) is 16.3. The summed E-state index contributed by atoms with van der Waals surface area (Å²) in [6.45, 7) is 16.6. The average Bonchev–Trinajstić information content (AvgIpc) is 2.46. The molecule has 22 heavy (non-hydrogen) atoms. The maximum absolute atomic E-state index is 6.53. The quantitative estimate of drug-likeness (QED) is 0.715. The van der Waals surface area contributed by atoms with Crippen molar-refractivity contribution < 1.29 is 4.74 Å². The summed E-state index contributed by atoms with van der Waals surface area (Å²) < 4.78 is 6.53. The van der Waals surface area contributed by atoms with Gasteiger partial charge >= 0.3 is 0 Å². The Hall–Kier alpha value is -0.0800. The van der Waals surface area contributed by atoms with Gasteiger partial charge in [0.1, 0.15) is 0 Å². The van der Waals surface area contributed by atoms with E-state index in [1.807, 2.05) is 0 Å². The van der Waals surface area contributed by atoms with Gasteiger partial charge in [-0.05, 0) is 70.6 Å². The molecule has 0 spiro atoms. The molecule has 1 heterocycles. The highest BCUT2D eigenvalue weighted by Crippen LogP contribution is 2.36. The van der Waals surface area contributed by atoms with E-state index in [0.29, 0.717) is 17.7 Å². The second-order valence-corrected chi connectivity index (χ2v) is 9.15. The summed E-state index contributed by atoms with van der Waals surface area (Å²) in [5.74, 6) is 2.53. The van der Waals surface area contributed by atoms with E-state index >= 15 is 0 Å². The molecule has 0 bridgehead atoms. The van der Waals surface area contributed by atoms with Crippen LogP contribution < -0.4 is 0 Å². The predicted molar refractivity (Wildman–Crippen MR) is 95.2 cm³/mol. The van der Waals surface area contributed by atoms with Gasteiger partial charge in [0.25, 0.3) is 0 Å². The van der Waals surface area contributed by atoms with Crippen molar-refractivity contribution >= 4 is 0 Å². The Bertz CT molecular complexity index is 325. The van der Waals surface area contributed by atoms with Crippen LogP contribution in [0.25, 0.3) is 0 Å². The van der Waals surface area contributed by atoms with Gasteiger partial charge in [-0.25, -0.2) is 0 Å². The Labute approximate surface area is 139 Å². The van der Waals surface area contributed by atoms with E-state index < -0.39 is 0 Å². The van der Waals surface area contributed by atoms with E-state index in [0.717, 1.165) is 17.8 Å². The second kappa shape index (κ2) is 7.66. The summed E-state index contributed by atoms with van der Waals surface area (Å²) in [5, 5.41) is 0. The molecule has 1 aliphatic heterocycles. The Morgan fingerprint density at radius 3 is 2.09 bits per heavy atom. The molecule has 2 heteroatoms. The number of hydrogen-bond donors (Lipinski definition) is 0. The zero-order valence-corrected chi connectivity index (χ0v) is 15.9. The molecule has 0 aromatic carbocycles. The zero-order valence-electron chi connectivity index (χ0n) is 15.9. The first-order chi connectivity index (χ1) is 10.3. The van der Waals surface area contributed by atoms with Crippen molar-refractivity contribution in [2.75, 3.05) is 13.1 Å². The van der Waals surface area contributed by atoms with E-state index in [9.17, 15) is 0 Å². The van der Waals surface area contributed by atoms with Gasteiger partial charge in [-0.2, -0.15) is 0 Å². The number of piperidine rings is 1. The fourth-order valence-electron chi connectivity index (χ4n) is 4.26. The van der Waals surface area contributed by atoms with Gasteiger partial charge in [0.15, 0.2) is 0 Å². The SMILES string of the molecule is CC(C)[C@@H](C)C1CCCC(OC2CCN(C(C)(C)C)CC2)C1. The van der Waals surface area contributed by atoms with E-state index in [1.54, 1.807) is 0 Å². The molecule has 0 radical (unpaired) electrons. The minimum atomic E-state index is 0.313. The van der Waals surface area contributed by atoms with Crippen LogP contribution in [0.3, 0.4) is 0 Å². The van der Waals surface area contributed by atoms with Crippen molar-refractivity contribution in [3.05, 3.63) is 0 Å². The standard InChI is InChI=1S/C20H39NO/c1-15(2)16(3)17-8-7-9-19(14-17)22-18-10-12-21(13-11-18)20(4,5)6/h15-19H,7-14H2,1-6H3/t16-,17?,19?/m1/s1. The number of ether oxygens (including phenoxy) is 1. The van der Waals surface area contributed by atoms with Crippen molar-refractivity contribution in [2.24, 2.45) is 17.8 Å². The third-order valence-corrected chi connectivity index (χ3v) is 6.24. The first-order valence-electron chi connectivity index (χ1n) is 9.68. The third kappa shape index (κ3) is 4.96. The van der Waals surface area contributed by atoms with Gasteiger partial charge in [0, 0.05) is 18.6 Å². The maximum atomic E-state index is 6.53. The summed E-state index contributed by atoms with van der Waals surface area (Å²) in [4.78, 5) is 2.61. The van der Waals surface area contributed by atoms with Crippen LogP contribution in [0.4, 0.5) is 0 Å². The molecule has 0 aromatic heterocycles. The van der Waals surface area contributed by atoms with E-state index in [1.165, 1.54) is 51.6 Å². The fourth-order valence-corrected chi connectivity index (χ4v) is 4.26. The summed E-state index contributed by atoms with van der Waals surface area (Å²) in [6, 6.07) is 0. The van der Waals surface area contributed by atoms with Crippen molar-refractivity contribution in [2.45, 2.75) is 97.8 Å². The van der Waals surface area contributed by atoms with E-state index in [2.05, 4.69) is 46.4 Å². The molecule has 2 unspecified atom stereocenters. The van der Waals surface area contributed by atoms with Crippen LogP contribution in [-0.2, 0) is 4.74 Å². The molecule has 130 valence electrons. The van der Waals surface area contributed by atoms with Crippen LogP contribution in [0.2, 0.25) is 0 Å². The molecule has 3 atom stereocenters. The van der Waals surface area contributed by atoms with Crippen LogP contribution in [0.5, 0.6) is 0 Å². The van der Waals surface area contributed by atoms with Crippen molar-refractivity contribution in [3.63, 3.8) is 0 Å². The van der Waals surface area contributed by atoms with Gasteiger partial charge in [-0.1, -0.05) is 27.2 Å². The minimum absolute atomic E-state index is 0.313. The largest absolute Gasteiger partial charge is 0.375 e. The lowest BCUT2D eigenvalue weighted by atomic mass is 9.75. The lowest BCUT2D eigenvalue weighted by molar-refractivity contribution is -0.0769. The van der Waals surface area contributed by atoms with Gasteiger partial charge in [-0.15, -0.1) is 0 Å². The molecule has 2 fully saturated rings. The molecule has 2 aliphatic rings. The predicted octanol–water partition coefficient (Wildman–Crippen LogP) is 5.12. The smallest absolute Gasteiger partial charge is 0.0603 e. The van der Waals surface area contributed by atoms with Crippen molar-refractivity contribution in [1.82, 2.24) is 4.90 Å². The van der Waals surface area contributed by atoms with Crippen LogP contribution in [-0.4, -0.2) is 35.7 Å². The highest BCUT2D eigenvalue weighted by molar-refractivity contribution is 4.84. The molecule has 1 aliphatic carbocycles. The molecule has 2 nitrogen and oxygen atoms in total. The fraction of sp³-hybridized carbons (Fsp3) is 1.00. The molecule has 1 saturated heterocycles. The van der Waals surface area contributed by atoms with Crippen LogP contribution in [0.1, 0.15) is 80.1 Å². The molecule has 0 N–H and O–H groups in total. The first-order valence-corrected chi connectivity index (χ1v) is 9.68. The Morgan fingerprint density at radius 1 is 0.909 bits per heavy atom. The summed E-state index contributed by atoms with van der Waals surface area (Å²) in [5.41, 5.74) is 0.313. The van der Waals surface area contributed by atoms with E-state index in [4.69, 9.17) is 4.74 Å². The highest BCUT2D eigenvalue weighted by atomic mass is 16.5. The Kier molecular flexibility index (Phi) is 6.36. The molecule has 0 aromatic rings. The number of hydrogen-bond acceptors (Lipinski definition) is 2. The monoisotopic (exact) mass is 309 g/mol. The Morgan fingerprint density at radius 2 is 1.55 bits per heavy atom. The van der Waals surface area contributed by atoms with E-state index in [-0.39, 0.29) is 0 Å². The topological polar surface area (TPSA) is 12.5 Å². The molecule has 1 saturated carbocycles. The lowest BCUT2D eigenvalue weighted by Crippen LogP contribution is -2.48. The lowest BCUT2D eigenvalue weighted by Gasteiger charge is -2.42. The number of nitrogens with zero attached hydrogens (tertiary/aromatic N) is 1. The minimum Gasteiger partial charge on any atom is -0.375 e. The molecule has 2 rings (SSSR count). The summed E-state index contributed by atoms with van der Waals surface area (Å²) >= 11 is 0. The highest BCUT2D eigenvalue weighted by Gasteiger charge is 2.32. The van der Waals surface area contributed by atoms with Crippen molar-refractivity contribution in [1.29, 1.82) is 0 Å². The van der Waals surface area contributed by atoms with Crippen LogP contribution >= 0.6 is 0 Å². The number of rotatable bonds is 4. The van der Waals surface area contributed by atoms with Crippen LogP contribution in [0.15, 0.2) is 0 Å². The summed E-state index contributed by atoms with van der Waals surface area (Å²) in [6.07, 6.45) is 8.87. The summed E-state index contributed by atoms with van der Waals surface area (Å²) in [7, 11) is 0. The maximum Gasteiger partial charge on any atom is 0.0603 e. The van der Waals surface area contributed by atoms with Gasteiger partial charge in [0.05, 0.1) is 12.2 Å². The van der Waals surface area contributed by atoms with Crippen molar-refractivity contribution in [3.8, 4) is 0 Å². The number of likely N-dealkylation sites (tertiary alicyclic amines) is 1. The normalized spacial score (nSPS) is 30.7. The first kappa shape index (κ1) is 18.3. The average molecular weight is 310 g/mol. The Balaban J connectivity index is 1.77.